The molecule has 1 atom stereocenters. The number of hydrogen-bond donors (Lipinski definition) is 0. The molecule has 1 aliphatic heterocycles. The van der Waals surface area contributed by atoms with Crippen LogP contribution in [0.1, 0.15) is 11.5 Å². The Labute approximate surface area is 105 Å². The van der Waals surface area contributed by atoms with Crippen LogP contribution in [0.25, 0.3) is 0 Å². The zero-order valence-corrected chi connectivity index (χ0v) is 10.9. The largest absolute Gasteiger partial charge is 0.224 e. The zero-order chi connectivity index (χ0) is 11.8. The van der Waals surface area contributed by atoms with Crippen LogP contribution in [0.15, 0.2) is 29.2 Å². The number of benzene rings is 1. The molecule has 1 unspecified atom stereocenters. The highest BCUT2D eigenvalue weighted by atomic mass is 35.5. The molecule has 0 aromatic heterocycles. The molecule has 1 aliphatic rings. The third-order valence-electron chi connectivity index (χ3n) is 3.02. The summed E-state index contributed by atoms with van der Waals surface area (Å²) in [6.45, 7) is 0. The van der Waals surface area contributed by atoms with E-state index in [0.717, 1.165) is 5.56 Å². The average Bonchev–Trinajstić information content (AvgIpc) is 2.54. The number of alkyl halides is 2. The van der Waals surface area contributed by atoms with Crippen LogP contribution in [0.5, 0.6) is 0 Å². The summed E-state index contributed by atoms with van der Waals surface area (Å²) in [5, 5.41) is 0. The summed E-state index contributed by atoms with van der Waals surface area (Å²) in [6.07, 6.45) is 0. The molecule has 5 heteroatoms. The van der Waals surface area contributed by atoms with E-state index in [2.05, 4.69) is 0 Å². The summed E-state index contributed by atoms with van der Waals surface area (Å²) in [5.41, 5.74) is 0.869. The highest BCUT2D eigenvalue weighted by Crippen LogP contribution is 2.39. The van der Waals surface area contributed by atoms with Gasteiger partial charge in [-0.3, -0.25) is 0 Å². The SMILES string of the molecule is O=S1(=O)CC(C(CCl)CCl)c2ccccc21. The molecule has 0 saturated heterocycles. The van der Waals surface area contributed by atoms with Gasteiger partial charge >= 0.3 is 0 Å². The van der Waals surface area contributed by atoms with Gasteiger partial charge in [0.1, 0.15) is 0 Å². The maximum absolute atomic E-state index is 11.9. The lowest BCUT2D eigenvalue weighted by molar-refractivity contribution is 0.545. The minimum Gasteiger partial charge on any atom is -0.224 e. The summed E-state index contributed by atoms with van der Waals surface area (Å²) in [4.78, 5) is 0.445. The summed E-state index contributed by atoms with van der Waals surface area (Å²) >= 11 is 11.7. The smallest absolute Gasteiger partial charge is 0.179 e. The molecule has 2 rings (SSSR count). The topological polar surface area (TPSA) is 34.1 Å². The lowest BCUT2D eigenvalue weighted by Gasteiger charge is -2.18. The average molecular weight is 279 g/mol. The quantitative estimate of drug-likeness (QED) is 0.797. The normalized spacial score (nSPS) is 22.3. The number of sulfone groups is 1. The van der Waals surface area contributed by atoms with E-state index in [0.29, 0.717) is 16.7 Å². The molecule has 0 saturated carbocycles. The molecule has 16 heavy (non-hydrogen) atoms. The highest BCUT2D eigenvalue weighted by Gasteiger charge is 2.37. The van der Waals surface area contributed by atoms with Crippen molar-refractivity contribution < 1.29 is 8.42 Å². The van der Waals surface area contributed by atoms with Gasteiger partial charge in [0.05, 0.1) is 10.6 Å². The second-order valence-corrected chi connectivity index (χ2v) is 6.61. The standard InChI is InChI=1S/C11H12Cl2O2S/c12-5-8(6-13)10-7-16(14,15)11-4-2-1-3-9(10)11/h1-4,8,10H,5-7H2. The molecule has 2 nitrogen and oxygen atoms in total. The van der Waals surface area contributed by atoms with E-state index in [9.17, 15) is 8.42 Å². The Hall–Kier alpha value is -0.250. The molecule has 0 fully saturated rings. The number of hydrogen-bond acceptors (Lipinski definition) is 2. The summed E-state index contributed by atoms with van der Waals surface area (Å²) in [6, 6.07) is 7.11. The fraction of sp³-hybridized carbons (Fsp3) is 0.455. The van der Waals surface area contributed by atoms with E-state index in [1.807, 2.05) is 12.1 Å². The van der Waals surface area contributed by atoms with Crippen LogP contribution in [-0.2, 0) is 9.84 Å². The predicted octanol–water partition coefficient (Wildman–Crippen LogP) is 2.65. The lowest BCUT2D eigenvalue weighted by Crippen LogP contribution is -2.18. The predicted molar refractivity (Wildman–Crippen MR) is 66.2 cm³/mol. The van der Waals surface area contributed by atoms with E-state index in [-0.39, 0.29) is 17.6 Å². The van der Waals surface area contributed by atoms with Crippen LogP contribution in [0.4, 0.5) is 0 Å². The summed E-state index contributed by atoms with van der Waals surface area (Å²) in [5.74, 6) is 0.866. The van der Waals surface area contributed by atoms with Gasteiger partial charge in [-0.25, -0.2) is 8.42 Å². The van der Waals surface area contributed by atoms with Gasteiger partial charge in [-0.15, -0.1) is 23.2 Å². The van der Waals surface area contributed by atoms with Gasteiger partial charge in [0.25, 0.3) is 0 Å². The van der Waals surface area contributed by atoms with Gasteiger partial charge in [0.15, 0.2) is 9.84 Å². The molecule has 1 heterocycles. The molecular formula is C11H12Cl2O2S. The van der Waals surface area contributed by atoms with Gasteiger partial charge in [-0.2, -0.15) is 0 Å². The fourth-order valence-electron chi connectivity index (χ4n) is 2.13. The first-order chi connectivity index (χ1) is 7.60. The van der Waals surface area contributed by atoms with Crippen molar-refractivity contribution in [3.8, 4) is 0 Å². The Morgan fingerprint density at radius 1 is 1.25 bits per heavy atom. The van der Waals surface area contributed by atoms with Gasteiger partial charge < -0.3 is 0 Å². The molecule has 0 radical (unpaired) electrons. The van der Waals surface area contributed by atoms with E-state index < -0.39 is 9.84 Å². The molecule has 1 aromatic rings. The van der Waals surface area contributed by atoms with Crippen LogP contribution >= 0.6 is 23.2 Å². The van der Waals surface area contributed by atoms with Crippen LogP contribution in [-0.4, -0.2) is 25.9 Å². The van der Waals surface area contributed by atoms with E-state index >= 15 is 0 Å². The lowest BCUT2D eigenvalue weighted by atomic mass is 9.90. The summed E-state index contributed by atoms with van der Waals surface area (Å²) < 4.78 is 23.8. The molecule has 0 bridgehead atoms. The molecule has 1 aromatic carbocycles. The first kappa shape index (κ1) is 12.2. The maximum atomic E-state index is 11.9. The van der Waals surface area contributed by atoms with Gasteiger partial charge in [-0.1, -0.05) is 18.2 Å². The van der Waals surface area contributed by atoms with Crippen molar-refractivity contribution in [2.75, 3.05) is 17.5 Å². The first-order valence-electron chi connectivity index (χ1n) is 5.03. The number of fused-ring (bicyclic) bond motifs is 1. The second-order valence-electron chi connectivity index (χ2n) is 3.99. The van der Waals surface area contributed by atoms with Crippen LogP contribution in [0.2, 0.25) is 0 Å². The Bertz CT molecular complexity index is 481. The third kappa shape index (κ3) is 1.96. The minimum atomic E-state index is -3.14. The van der Waals surface area contributed by atoms with Crippen LogP contribution in [0.3, 0.4) is 0 Å². The van der Waals surface area contributed by atoms with E-state index in [1.165, 1.54) is 0 Å². The Balaban J connectivity index is 2.48. The molecule has 0 spiro atoms. The van der Waals surface area contributed by atoms with Gasteiger partial charge in [-0.05, 0) is 17.5 Å². The Morgan fingerprint density at radius 3 is 2.50 bits per heavy atom. The minimum absolute atomic E-state index is 0.0155. The van der Waals surface area contributed by atoms with Crippen molar-refractivity contribution in [2.24, 2.45) is 5.92 Å². The van der Waals surface area contributed by atoms with Gasteiger partial charge in [0.2, 0.25) is 0 Å². The molecular weight excluding hydrogens is 267 g/mol. The van der Waals surface area contributed by atoms with Crippen molar-refractivity contribution in [3.05, 3.63) is 29.8 Å². The summed E-state index contributed by atoms with van der Waals surface area (Å²) in [7, 11) is -3.14. The number of halogens is 2. The van der Waals surface area contributed by atoms with Crippen molar-refractivity contribution in [2.45, 2.75) is 10.8 Å². The Morgan fingerprint density at radius 2 is 1.88 bits per heavy atom. The monoisotopic (exact) mass is 278 g/mol. The Kier molecular flexibility index (Phi) is 3.48. The maximum Gasteiger partial charge on any atom is 0.179 e. The van der Waals surface area contributed by atoms with Crippen molar-refractivity contribution in [3.63, 3.8) is 0 Å². The third-order valence-corrected chi connectivity index (χ3v) is 5.65. The van der Waals surface area contributed by atoms with Crippen molar-refractivity contribution in [1.29, 1.82) is 0 Å². The highest BCUT2D eigenvalue weighted by molar-refractivity contribution is 7.91. The fourth-order valence-corrected chi connectivity index (χ4v) is 4.86. The number of rotatable bonds is 3. The van der Waals surface area contributed by atoms with Crippen molar-refractivity contribution in [1.82, 2.24) is 0 Å². The second kappa shape index (κ2) is 4.55. The molecule has 0 amide bonds. The van der Waals surface area contributed by atoms with E-state index in [4.69, 9.17) is 23.2 Å². The van der Waals surface area contributed by atoms with Crippen LogP contribution < -0.4 is 0 Å². The molecule has 0 aliphatic carbocycles. The van der Waals surface area contributed by atoms with E-state index in [1.54, 1.807) is 12.1 Å². The molecule has 0 N–H and O–H groups in total. The van der Waals surface area contributed by atoms with Gasteiger partial charge in [0, 0.05) is 17.7 Å². The first-order valence-corrected chi connectivity index (χ1v) is 7.76. The van der Waals surface area contributed by atoms with Crippen molar-refractivity contribution >= 4 is 33.0 Å². The molecule has 88 valence electrons. The zero-order valence-electron chi connectivity index (χ0n) is 8.57. The van der Waals surface area contributed by atoms with Crippen LogP contribution in [0, 0.1) is 5.92 Å².